The second-order valence-corrected chi connectivity index (χ2v) is 4.84. The summed E-state index contributed by atoms with van der Waals surface area (Å²) in [6.07, 6.45) is 4.50. The Hall–Kier alpha value is -1.24. The number of hydrogen-bond acceptors (Lipinski definition) is 0. The summed E-state index contributed by atoms with van der Waals surface area (Å²) in [5, 5.41) is 1.37. The minimum atomic E-state index is 0.833. The lowest BCUT2D eigenvalue weighted by Gasteiger charge is -1.93. The molecule has 1 nitrogen and oxygen atoms in total. The Labute approximate surface area is 98.9 Å². The van der Waals surface area contributed by atoms with Crippen LogP contribution in [0.5, 0.6) is 0 Å². The van der Waals surface area contributed by atoms with Gasteiger partial charge in [-0.05, 0) is 24.0 Å². The maximum Gasteiger partial charge on any atom is 0.0456 e. The minimum Gasteiger partial charge on any atom is -0.361 e. The van der Waals surface area contributed by atoms with Gasteiger partial charge in [0.05, 0.1) is 0 Å². The Morgan fingerprint density at radius 2 is 1.75 bits per heavy atom. The van der Waals surface area contributed by atoms with Crippen molar-refractivity contribution in [2.45, 2.75) is 40.5 Å². The molecule has 0 fully saturated rings. The quantitative estimate of drug-likeness (QED) is 0.745. The molecule has 0 amide bonds. The van der Waals surface area contributed by atoms with Crippen LogP contribution in [0.3, 0.4) is 0 Å². The Balaban J connectivity index is 0.000000280. The van der Waals surface area contributed by atoms with Gasteiger partial charge in [-0.1, -0.05) is 52.3 Å². The monoisotopic (exact) mass is 217 g/mol. The van der Waals surface area contributed by atoms with Crippen molar-refractivity contribution in [2.24, 2.45) is 5.92 Å². The predicted octanol–water partition coefficient (Wildman–Crippen LogP) is 4.78. The number of benzene rings is 1. The molecule has 0 bridgehead atoms. The lowest BCUT2D eigenvalue weighted by Crippen LogP contribution is -1.77. The maximum absolute atomic E-state index is 3.27. The number of para-hydroxylation sites is 1. The first-order valence-corrected chi connectivity index (χ1v) is 6.20. The zero-order chi connectivity index (χ0) is 12.0. The summed E-state index contributed by atoms with van der Waals surface area (Å²) >= 11 is 0. The van der Waals surface area contributed by atoms with Crippen LogP contribution in [0.25, 0.3) is 10.9 Å². The standard InChI is InChI=1S/C11H13N.C4H10/c1-2-5-9-8-12-11-7-4-3-6-10(9)11;1-4(2)3/h3-4,6-8,12H,2,5H2,1H3;4H,1-3H3. The Kier molecular flexibility index (Phi) is 5.10. The summed E-state index contributed by atoms with van der Waals surface area (Å²) in [6, 6.07) is 8.45. The molecule has 0 radical (unpaired) electrons. The molecule has 88 valence electrons. The minimum absolute atomic E-state index is 0.833. The van der Waals surface area contributed by atoms with Crippen LogP contribution >= 0.6 is 0 Å². The van der Waals surface area contributed by atoms with Crippen LogP contribution in [-0.2, 0) is 6.42 Å². The second kappa shape index (κ2) is 6.37. The van der Waals surface area contributed by atoms with E-state index in [9.17, 15) is 0 Å². The van der Waals surface area contributed by atoms with Gasteiger partial charge in [0.25, 0.3) is 0 Å². The van der Waals surface area contributed by atoms with Gasteiger partial charge in [-0.3, -0.25) is 0 Å². The molecule has 0 saturated heterocycles. The second-order valence-electron chi connectivity index (χ2n) is 4.84. The van der Waals surface area contributed by atoms with Crippen LogP contribution in [0.15, 0.2) is 30.5 Å². The molecule has 0 unspecified atom stereocenters. The molecule has 0 aliphatic heterocycles. The normalized spacial score (nSPS) is 10.3. The number of aromatic amines is 1. The fraction of sp³-hybridized carbons (Fsp3) is 0.467. The lowest BCUT2D eigenvalue weighted by atomic mass is 10.1. The molecule has 16 heavy (non-hydrogen) atoms. The fourth-order valence-corrected chi connectivity index (χ4v) is 1.61. The van der Waals surface area contributed by atoms with Crippen LogP contribution in [0.1, 0.15) is 39.7 Å². The van der Waals surface area contributed by atoms with Crippen LogP contribution < -0.4 is 0 Å². The van der Waals surface area contributed by atoms with Gasteiger partial charge in [0.1, 0.15) is 0 Å². The summed E-state index contributed by atoms with van der Waals surface area (Å²) in [5.41, 5.74) is 2.69. The average Bonchev–Trinajstić information content (AvgIpc) is 2.62. The highest BCUT2D eigenvalue weighted by Crippen LogP contribution is 2.18. The van der Waals surface area contributed by atoms with Crippen LogP contribution in [0.4, 0.5) is 0 Å². The number of rotatable bonds is 2. The zero-order valence-corrected chi connectivity index (χ0v) is 10.9. The Morgan fingerprint density at radius 1 is 1.12 bits per heavy atom. The van der Waals surface area contributed by atoms with Gasteiger partial charge in [-0.15, -0.1) is 0 Å². The van der Waals surface area contributed by atoms with Crippen molar-refractivity contribution >= 4 is 10.9 Å². The Morgan fingerprint density at radius 3 is 2.38 bits per heavy atom. The Bertz CT molecular complexity index is 409. The largest absolute Gasteiger partial charge is 0.361 e. The van der Waals surface area contributed by atoms with Crippen molar-refractivity contribution in [3.63, 3.8) is 0 Å². The third-order valence-corrected chi connectivity index (χ3v) is 2.19. The van der Waals surface area contributed by atoms with Crippen molar-refractivity contribution in [2.75, 3.05) is 0 Å². The molecule has 0 aliphatic carbocycles. The van der Waals surface area contributed by atoms with Crippen molar-refractivity contribution in [3.05, 3.63) is 36.0 Å². The van der Waals surface area contributed by atoms with Crippen molar-refractivity contribution in [3.8, 4) is 0 Å². The van der Waals surface area contributed by atoms with E-state index < -0.39 is 0 Å². The van der Waals surface area contributed by atoms with Gasteiger partial charge in [0.2, 0.25) is 0 Å². The molecule has 1 aromatic carbocycles. The van der Waals surface area contributed by atoms with Crippen molar-refractivity contribution < 1.29 is 0 Å². The van der Waals surface area contributed by atoms with E-state index >= 15 is 0 Å². The van der Waals surface area contributed by atoms with Crippen LogP contribution in [-0.4, -0.2) is 4.98 Å². The highest BCUT2D eigenvalue weighted by molar-refractivity contribution is 5.82. The summed E-state index contributed by atoms with van der Waals surface area (Å²) in [4.78, 5) is 3.27. The van der Waals surface area contributed by atoms with E-state index in [1.165, 1.54) is 29.3 Å². The number of fused-ring (bicyclic) bond motifs is 1. The summed E-state index contributed by atoms with van der Waals surface area (Å²) in [5.74, 6) is 0.833. The van der Waals surface area contributed by atoms with E-state index in [2.05, 4.69) is 63.1 Å². The number of nitrogens with one attached hydrogen (secondary N) is 1. The van der Waals surface area contributed by atoms with E-state index in [1.54, 1.807) is 0 Å². The molecule has 2 aromatic rings. The zero-order valence-electron chi connectivity index (χ0n) is 10.9. The number of aromatic nitrogens is 1. The summed E-state index contributed by atoms with van der Waals surface area (Å²) < 4.78 is 0. The first-order valence-electron chi connectivity index (χ1n) is 6.20. The van der Waals surface area contributed by atoms with E-state index in [0.717, 1.165) is 5.92 Å². The molecule has 0 spiro atoms. The van der Waals surface area contributed by atoms with E-state index in [4.69, 9.17) is 0 Å². The molecule has 1 N–H and O–H groups in total. The highest BCUT2D eigenvalue weighted by atomic mass is 14.7. The number of H-pyrrole nitrogens is 1. The third kappa shape index (κ3) is 3.73. The first-order chi connectivity index (χ1) is 7.65. The first kappa shape index (κ1) is 12.8. The van der Waals surface area contributed by atoms with E-state index in [-0.39, 0.29) is 0 Å². The average molecular weight is 217 g/mol. The smallest absolute Gasteiger partial charge is 0.0456 e. The molecular weight excluding hydrogens is 194 g/mol. The van der Waals surface area contributed by atoms with Crippen LogP contribution in [0, 0.1) is 5.92 Å². The molecule has 2 rings (SSSR count). The number of aryl methyl sites for hydroxylation is 1. The molecule has 0 saturated carbocycles. The molecule has 0 atom stereocenters. The summed E-state index contributed by atoms with van der Waals surface area (Å²) in [7, 11) is 0. The molecule has 1 heterocycles. The molecule has 1 aromatic heterocycles. The summed E-state index contributed by atoms with van der Waals surface area (Å²) in [6.45, 7) is 8.71. The van der Waals surface area contributed by atoms with Gasteiger partial charge in [-0.25, -0.2) is 0 Å². The topological polar surface area (TPSA) is 15.8 Å². The van der Waals surface area contributed by atoms with Crippen LogP contribution in [0.2, 0.25) is 0 Å². The van der Waals surface area contributed by atoms with Gasteiger partial charge in [0, 0.05) is 17.1 Å². The lowest BCUT2D eigenvalue weighted by molar-refractivity contribution is 0.737. The van der Waals surface area contributed by atoms with Gasteiger partial charge < -0.3 is 4.98 Å². The van der Waals surface area contributed by atoms with Gasteiger partial charge in [-0.2, -0.15) is 0 Å². The van der Waals surface area contributed by atoms with Crippen molar-refractivity contribution in [1.29, 1.82) is 0 Å². The van der Waals surface area contributed by atoms with Gasteiger partial charge >= 0.3 is 0 Å². The fourth-order valence-electron chi connectivity index (χ4n) is 1.61. The molecular formula is C15H23N. The number of hydrogen-bond donors (Lipinski definition) is 1. The molecule has 1 heteroatoms. The maximum atomic E-state index is 3.27. The molecule has 0 aliphatic rings. The van der Waals surface area contributed by atoms with E-state index in [0.29, 0.717) is 0 Å². The van der Waals surface area contributed by atoms with Crippen molar-refractivity contribution in [1.82, 2.24) is 4.98 Å². The predicted molar refractivity (Wildman–Crippen MR) is 72.8 cm³/mol. The third-order valence-electron chi connectivity index (χ3n) is 2.19. The van der Waals surface area contributed by atoms with Gasteiger partial charge in [0.15, 0.2) is 0 Å². The highest BCUT2D eigenvalue weighted by Gasteiger charge is 1.99. The SMILES string of the molecule is CC(C)C.CCCc1c[nH]c2ccccc12. The van der Waals surface area contributed by atoms with E-state index in [1.807, 2.05) is 0 Å².